The fourth-order valence-corrected chi connectivity index (χ4v) is 3.62. The van der Waals surface area contributed by atoms with Gasteiger partial charge in [-0.2, -0.15) is 0 Å². The molecule has 0 aliphatic carbocycles. The highest BCUT2D eigenvalue weighted by atomic mass is 15.3. The van der Waals surface area contributed by atoms with E-state index in [1.54, 1.807) is 0 Å². The Morgan fingerprint density at radius 2 is 1.29 bits per heavy atom. The minimum atomic E-state index is 0.887. The molecule has 2 aromatic rings. The van der Waals surface area contributed by atoms with Crippen LogP contribution >= 0.6 is 0 Å². The first-order valence-corrected chi connectivity index (χ1v) is 10.3. The van der Waals surface area contributed by atoms with E-state index < -0.39 is 0 Å². The van der Waals surface area contributed by atoms with Crippen molar-refractivity contribution < 1.29 is 0 Å². The molecule has 0 bridgehead atoms. The van der Waals surface area contributed by atoms with Gasteiger partial charge >= 0.3 is 0 Å². The third-order valence-corrected chi connectivity index (χ3v) is 5.27. The molecule has 0 aromatic carbocycles. The van der Waals surface area contributed by atoms with E-state index in [0.29, 0.717) is 0 Å². The van der Waals surface area contributed by atoms with Crippen molar-refractivity contribution in [3.05, 3.63) is 60.2 Å². The van der Waals surface area contributed by atoms with Crippen LogP contribution in [0, 0.1) is 0 Å². The van der Waals surface area contributed by atoms with Crippen molar-refractivity contribution in [2.75, 3.05) is 60.0 Å². The molecule has 6 nitrogen and oxygen atoms in total. The van der Waals surface area contributed by atoms with E-state index >= 15 is 0 Å². The maximum absolute atomic E-state index is 4.53. The summed E-state index contributed by atoms with van der Waals surface area (Å²) >= 11 is 0. The summed E-state index contributed by atoms with van der Waals surface area (Å²) in [6.45, 7) is 9.28. The third kappa shape index (κ3) is 7.28. The number of hydrogen-bond acceptors (Lipinski definition) is 6. The van der Waals surface area contributed by atoms with Crippen molar-refractivity contribution in [1.82, 2.24) is 29.6 Å². The summed E-state index contributed by atoms with van der Waals surface area (Å²) in [5.74, 6) is 0. The van der Waals surface area contributed by atoms with Crippen molar-refractivity contribution in [3.8, 4) is 0 Å². The summed E-state index contributed by atoms with van der Waals surface area (Å²) in [5, 5.41) is 0. The molecule has 0 N–H and O–H groups in total. The summed E-state index contributed by atoms with van der Waals surface area (Å²) in [7, 11) is 4.45. The van der Waals surface area contributed by atoms with Crippen molar-refractivity contribution in [2.45, 2.75) is 19.5 Å². The summed E-state index contributed by atoms with van der Waals surface area (Å²) in [4.78, 5) is 19.0. The van der Waals surface area contributed by atoms with Crippen LogP contribution in [0.25, 0.3) is 0 Å². The minimum Gasteiger partial charge on any atom is -0.305 e. The molecule has 0 spiro atoms. The fourth-order valence-electron chi connectivity index (χ4n) is 3.62. The Balaban J connectivity index is 1.67. The van der Waals surface area contributed by atoms with Gasteiger partial charge in [-0.1, -0.05) is 12.1 Å². The van der Waals surface area contributed by atoms with E-state index in [-0.39, 0.29) is 0 Å². The predicted octanol–water partition coefficient (Wildman–Crippen LogP) is 2.01. The van der Waals surface area contributed by atoms with Crippen LogP contribution in [0.4, 0.5) is 0 Å². The molecule has 0 saturated carbocycles. The van der Waals surface area contributed by atoms with Crippen LogP contribution in [0.2, 0.25) is 0 Å². The average Bonchev–Trinajstić information content (AvgIpc) is 2.71. The van der Waals surface area contributed by atoms with E-state index in [2.05, 4.69) is 67.9 Å². The number of rotatable bonds is 4. The Labute approximate surface area is 169 Å². The van der Waals surface area contributed by atoms with Crippen molar-refractivity contribution in [3.63, 3.8) is 0 Å². The second-order valence-electron chi connectivity index (χ2n) is 7.85. The Morgan fingerprint density at radius 1 is 0.679 bits per heavy atom. The first-order valence-electron chi connectivity index (χ1n) is 10.3. The summed E-state index contributed by atoms with van der Waals surface area (Å²) in [5.41, 5.74) is 2.28. The normalized spacial score (nSPS) is 19.8. The molecule has 1 aliphatic heterocycles. The molecule has 1 fully saturated rings. The molecular formula is C22H34N6. The molecule has 0 unspecified atom stereocenters. The third-order valence-electron chi connectivity index (χ3n) is 5.27. The van der Waals surface area contributed by atoms with Crippen LogP contribution in [0.15, 0.2) is 48.8 Å². The van der Waals surface area contributed by atoms with E-state index in [4.69, 9.17) is 0 Å². The Hall–Kier alpha value is -1.86. The summed E-state index contributed by atoms with van der Waals surface area (Å²) in [6, 6.07) is 12.4. The maximum atomic E-state index is 4.53. The number of nitrogens with zero attached hydrogens (tertiary/aromatic N) is 6. The highest BCUT2D eigenvalue weighted by Crippen LogP contribution is 2.07. The van der Waals surface area contributed by atoms with Crippen LogP contribution in [-0.2, 0) is 13.1 Å². The Morgan fingerprint density at radius 3 is 1.93 bits per heavy atom. The van der Waals surface area contributed by atoms with Gasteiger partial charge in [0.1, 0.15) is 0 Å². The van der Waals surface area contributed by atoms with Crippen LogP contribution in [-0.4, -0.2) is 89.6 Å². The molecule has 2 aromatic heterocycles. The molecule has 6 heteroatoms. The molecule has 0 amide bonds. The molecule has 0 radical (unpaired) electrons. The average molecular weight is 383 g/mol. The molecule has 1 saturated heterocycles. The molecule has 0 atom stereocenters. The van der Waals surface area contributed by atoms with Gasteiger partial charge in [-0.05, 0) is 57.9 Å². The van der Waals surface area contributed by atoms with Crippen LogP contribution in [0.1, 0.15) is 17.8 Å². The number of aromatic nitrogens is 2. The largest absolute Gasteiger partial charge is 0.305 e. The van der Waals surface area contributed by atoms with Crippen LogP contribution in [0.3, 0.4) is 0 Å². The lowest BCUT2D eigenvalue weighted by molar-refractivity contribution is 0.108. The maximum Gasteiger partial charge on any atom is 0.0544 e. The van der Waals surface area contributed by atoms with E-state index in [1.807, 2.05) is 24.5 Å². The van der Waals surface area contributed by atoms with E-state index in [1.165, 1.54) is 6.42 Å². The highest BCUT2D eigenvalue weighted by molar-refractivity contribution is 5.04. The van der Waals surface area contributed by atoms with Gasteiger partial charge in [0.2, 0.25) is 0 Å². The monoisotopic (exact) mass is 382 g/mol. The fraction of sp³-hybridized carbons (Fsp3) is 0.545. The van der Waals surface area contributed by atoms with Gasteiger partial charge in [0.25, 0.3) is 0 Å². The molecule has 3 heterocycles. The van der Waals surface area contributed by atoms with Gasteiger partial charge in [0.05, 0.1) is 18.1 Å². The zero-order valence-corrected chi connectivity index (χ0v) is 17.4. The highest BCUT2D eigenvalue weighted by Gasteiger charge is 2.15. The lowest BCUT2D eigenvalue weighted by atomic mass is 10.2. The number of pyridine rings is 2. The quantitative estimate of drug-likeness (QED) is 0.805. The smallest absolute Gasteiger partial charge is 0.0544 e. The van der Waals surface area contributed by atoms with Crippen LogP contribution < -0.4 is 0 Å². The second kappa shape index (κ2) is 11.2. The van der Waals surface area contributed by atoms with Gasteiger partial charge in [-0.3, -0.25) is 24.7 Å². The van der Waals surface area contributed by atoms with E-state index in [9.17, 15) is 0 Å². The van der Waals surface area contributed by atoms with E-state index in [0.717, 1.165) is 70.4 Å². The first-order chi connectivity index (χ1) is 13.7. The lowest BCUT2D eigenvalue weighted by Crippen LogP contribution is -2.44. The van der Waals surface area contributed by atoms with Crippen molar-refractivity contribution in [2.24, 2.45) is 0 Å². The molecule has 28 heavy (non-hydrogen) atoms. The Kier molecular flexibility index (Phi) is 8.36. The topological polar surface area (TPSA) is 38.7 Å². The summed E-state index contributed by atoms with van der Waals surface area (Å²) < 4.78 is 0. The number of likely N-dealkylation sites (N-methyl/N-ethyl adjacent to an activating group) is 2. The van der Waals surface area contributed by atoms with Gasteiger partial charge in [-0.25, -0.2) is 0 Å². The van der Waals surface area contributed by atoms with Crippen LogP contribution in [0.5, 0.6) is 0 Å². The van der Waals surface area contributed by atoms with Gasteiger partial charge < -0.3 is 4.90 Å². The number of hydrogen-bond donors (Lipinski definition) is 0. The second-order valence-corrected chi connectivity index (χ2v) is 7.85. The SMILES string of the molecule is CN1CCCN(Cc2ccccn2)CCN(Cc2ccccn2)CN(C)CC1. The zero-order chi connectivity index (χ0) is 19.6. The molecule has 1 aliphatic rings. The zero-order valence-electron chi connectivity index (χ0n) is 17.4. The van der Waals surface area contributed by atoms with Crippen molar-refractivity contribution >= 4 is 0 Å². The molecular weight excluding hydrogens is 348 g/mol. The minimum absolute atomic E-state index is 0.887. The van der Waals surface area contributed by atoms with Gasteiger partial charge in [0.15, 0.2) is 0 Å². The first kappa shape index (κ1) is 20.9. The molecule has 3 rings (SSSR count). The lowest BCUT2D eigenvalue weighted by Gasteiger charge is -2.32. The van der Waals surface area contributed by atoms with Crippen molar-refractivity contribution in [1.29, 1.82) is 0 Å². The molecule has 152 valence electrons. The summed E-state index contributed by atoms with van der Waals surface area (Å²) in [6.07, 6.45) is 4.97. The standard InChI is InChI=1S/C22H34N6/c1-25-12-7-13-27(18-21-8-3-5-10-23-21)16-17-28(20-26(2)15-14-25)19-22-9-4-6-11-24-22/h3-6,8-11H,7,12-20H2,1-2H3. The Bertz CT molecular complexity index is 665. The van der Waals surface area contributed by atoms with Gasteiger partial charge in [-0.15, -0.1) is 0 Å². The predicted molar refractivity (Wildman–Crippen MR) is 114 cm³/mol. The van der Waals surface area contributed by atoms with Gasteiger partial charge in [0, 0.05) is 51.7 Å².